The summed E-state index contributed by atoms with van der Waals surface area (Å²) < 4.78 is 16.1. The molecule has 0 fully saturated rings. The number of para-hydroxylation sites is 1. The van der Waals surface area contributed by atoms with Gasteiger partial charge in [-0.2, -0.15) is 0 Å². The topological polar surface area (TPSA) is 60.0 Å². The maximum Gasteiger partial charge on any atom is 0.238 e. The molecular weight excluding hydrogens is 400 g/mol. The van der Waals surface area contributed by atoms with Gasteiger partial charge in [0, 0.05) is 29.6 Å². The molecule has 7 heteroatoms. The molecule has 0 aliphatic rings. The highest BCUT2D eigenvalue weighted by atomic mass is 32.1. The predicted molar refractivity (Wildman–Crippen MR) is 120 cm³/mol. The zero-order chi connectivity index (χ0) is 21.3. The number of carbonyl (C=O) groups excluding carboxylic acids is 1. The summed E-state index contributed by atoms with van der Waals surface area (Å²) in [5.74, 6) is 1.91. The van der Waals surface area contributed by atoms with Gasteiger partial charge >= 0.3 is 0 Å². The SMILES string of the molecule is COc1ccc(NC(=O)CN(Cc2cccs2)Cc2ccccc2OC)c(OC)c1. The molecule has 1 heterocycles. The van der Waals surface area contributed by atoms with Gasteiger partial charge in [0.15, 0.2) is 0 Å². The minimum Gasteiger partial charge on any atom is -0.497 e. The third-order valence-electron chi connectivity index (χ3n) is 4.60. The lowest BCUT2D eigenvalue weighted by atomic mass is 10.2. The molecule has 0 aliphatic heterocycles. The lowest BCUT2D eigenvalue weighted by molar-refractivity contribution is -0.117. The molecule has 3 aromatic rings. The summed E-state index contributed by atoms with van der Waals surface area (Å²) in [5.41, 5.74) is 1.64. The van der Waals surface area contributed by atoms with Crippen LogP contribution in [0, 0.1) is 0 Å². The molecule has 1 aromatic heterocycles. The van der Waals surface area contributed by atoms with Crippen LogP contribution in [0.5, 0.6) is 17.2 Å². The number of benzene rings is 2. The summed E-state index contributed by atoms with van der Waals surface area (Å²) in [7, 11) is 4.81. The molecule has 0 radical (unpaired) electrons. The number of nitrogens with one attached hydrogen (secondary N) is 1. The number of anilines is 1. The van der Waals surface area contributed by atoms with Crippen LogP contribution in [-0.4, -0.2) is 38.7 Å². The summed E-state index contributed by atoms with van der Waals surface area (Å²) in [4.78, 5) is 16.1. The Labute approximate surface area is 181 Å². The molecule has 0 saturated carbocycles. The molecular formula is C23H26N2O4S. The lowest BCUT2D eigenvalue weighted by Crippen LogP contribution is -2.32. The Balaban J connectivity index is 1.74. The van der Waals surface area contributed by atoms with Crippen molar-refractivity contribution in [2.45, 2.75) is 13.1 Å². The molecule has 0 unspecified atom stereocenters. The Morgan fingerprint density at radius 3 is 2.43 bits per heavy atom. The fourth-order valence-electron chi connectivity index (χ4n) is 3.16. The fourth-order valence-corrected chi connectivity index (χ4v) is 3.91. The first kappa shape index (κ1) is 21.7. The van der Waals surface area contributed by atoms with E-state index in [2.05, 4.69) is 16.3 Å². The first-order valence-corrected chi connectivity index (χ1v) is 10.4. The van der Waals surface area contributed by atoms with Crippen molar-refractivity contribution in [1.29, 1.82) is 0 Å². The van der Waals surface area contributed by atoms with Crippen LogP contribution in [0.1, 0.15) is 10.4 Å². The quantitative estimate of drug-likeness (QED) is 0.520. The smallest absolute Gasteiger partial charge is 0.238 e. The molecule has 30 heavy (non-hydrogen) atoms. The number of thiophene rings is 1. The second-order valence-electron chi connectivity index (χ2n) is 6.65. The van der Waals surface area contributed by atoms with Gasteiger partial charge in [-0.3, -0.25) is 9.69 Å². The van der Waals surface area contributed by atoms with E-state index in [-0.39, 0.29) is 12.5 Å². The molecule has 0 aliphatic carbocycles. The van der Waals surface area contributed by atoms with E-state index in [4.69, 9.17) is 14.2 Å². The standard InChI is InChI=1S/C23H26N2O4S/c1-27-18-10-11-20(22(13-18)29-3)24-23(26)16-25(15-19-8-6-12-30-19)14-17-7-4-5-9-21(17)28-2/h4-13H,14-16H2,1-3H3,(H,24,26). The molecule has 0 bridgehead atoms. The van der Waals surface area contributed by atoms with Crippen LogP contribution < -0.4 is 19.5 Å². The van der Waals surface area contributed by atoms with Gasteiger partial charge in [0.25, 0.3) is 0 Å². The van der Waals surface area contributed by atoms with E-state index in [0.717, 1.165) is 11.3 Å². The van der Waals surface area contributed by atoms with Gasteiger partial charge in [0.2, 0.25) is 5.91 Å². The van der Waals surface area contributed by atoms with E-state index in [1.165, 1.54) is 4.88 Å². The summed E-state index contributed by atoms with van der Waals surface area (Å²) in [6.07, 6.45) is 0. The Morgan fingerprint density at radius 1 is 0.933 bits per heavy atom. The maximum absolute atomic E-state index is 12.9. The zero-order valence-corrected chi connectivity index (χ0v) is 18.2. The van der Waals surface area contributed by atoms with Crippen molar-refractivity contribution >= 4 is 22.9 Å². The monoisotopic (exact) mass is 426 g/mol. The van der Waals surface area contributed by atoms with E-state index in [1.54, 1.807) is 50.9 Å². The van der Waals surface area contributed by atoms with Gasteiger partial charge in [-0.1, -0.05) is 24.3 Å². The first-order valence-electron chi connectivity index (χ1n) is 9.51. The van der Waals surface area contributed by atoms with Crippen molar-refractivity contribution in [2.75, 3.05) is 33.2 Å². The second kappa shape index (κ2) is 10.7. The highest BCUT2D eigenvalue weighted by Crippen LogP contribution is 2.29. The van der Waals surface area contributed by atoms with Crippen LogP contribution in [0.15, 0.2) is 60.0 Å². The zero-order valence-electron chi connectivity index (χ0n) is 17.4. The van der Waals surface area contributed by atoms with Gasteiger partial charge < -0.3 is 19.5 Å². The number of carbonyl (C=O) groups is 1. The van der Waals surface area contributed by atoms with Crippen LogP contribution >= 0.6 is 11.3 Å². The van der Waals surface area contributed by atoms with E-state index >= 15 is 0 Å². The second-order valence-corrected chi connectivity index (χ2v) is 7.68. The third kappa shape index (κ3) is 5.75. The number of rotatable bonds is 10. The van der Waals surface area contributed by atoms with Gasteiger partial charge in [-0.15, -0.1) is 11.3 Å². The van der Waals surface area contributed by atoms with Crippen LogP contribution in [0.3, 0.4) is 0 Å². The van der Waals surface area contributed by atoms with Gasteiger partial charge in [0.1, 0.15) is 17.2 Å². The van der Waals surface area contributed by atoms with Crippen LogP contribution in [0.2, 0.25) is 0 Å². The average Bonchev–Trinajstić information content (AvgIpc) is 3.27. The van der Waals surface area contributed by atoms with Gasteiger partial charge in [-0.05, 0) is 29.6 Å². The highest BCUT2D eigenvalue weighted by molar-refractivity contribution is 7.09. The van der Waals surface area contributed by atoms with Crippen molar-refractivity contribution in [3.8, 4) is 17.2 Å². The predicted octanol–water partition coefficient (Wildman–Crippen LogP) is 4.41. The number of methoxy groups -OCH3 is 3. The van der Waals surface area contributed by atoms with Crippen molar-refractivity contribution < 1.29 is 19.0 Å². The number of hydrogen-bond donors (Lipinski definition) is 1. The van der Waals surface area contributed by atoms with Crippen LogP contribution in [0.4, 0.5) is 5.69 Å². The van der Waals surface area contributed by atoms with Gasteiger partial charge in [0.05, 0.1) is 33.6 Å². The molecule has 158 valence electrons. The van der Waals surface area contributed by atoms with Crippen LogP contribution in [0.25, 0.3) is 0 Å². The minimum atomic E-state index is -0.120. The van der Waals surface area contributed by atoms with E-state index in [9.17, 15) is 4.79 Å². The lowest BCUT2D eigenvalue weighted by Gasteiger charge is -2.22. The molecule has 0 atom stereocenters. The van der Waals surface area contributed by atoms with Crippen molar-refractivity contribution in [2.24, 2.45) is 0 Å². The van der Waals surface area contributed by atoms with E-state index in [0.29, 0.717) is 30.3 Å². The summed E-state index contributed by atoms with van der Waals surface area (Å²) in [5, 5.41) is 4.99. The Hall–Kier alpha value is -3.03. The number of hydrogen-bond acceptors (Lipinski definition) is 6. The Morgan fingerprint density at radius 2 is 1.73 bits per heavy atom. The number of amides is 1. The molecule has 0 saturated heterocycles. The highest BCUT2D eigenvalue weighted by Gasteiger charge is 2.16. The summed E-state index contributed by atoms with van der Waals surface area (Å²) in [6, 6.07) is 17.3. The molecule has 1 N–H and O–H groups in total. The Bertz CT molecular complexity index is 960. The first-order chi connectivity index (χ1) is 14.6. The van der Waals surface area contributed by atoms with E-state index in [1.807, 2.05) is 35.7 Å². The van der Waals surface area contributed by atoms with Gasteiger partial charge in [-0.25, -0.2) is 0 Å². The molecule has 2 aromatic carbocycles. The summed E-state index contributed by atoms with van der Waals surface area (Å²) >= 11 is 1.67. The molecule has 6 nitrogen and oxygen atoms in total. The maximum atomic E-state index is 12.9. The van der Waals surface area contributed by atoms with E-state index < -0.39 is 0 Å². The van der Waals surface area contributed by atoms with Crippen molar-refractivity contribution in [1.82, 2.24) is 4.90 Å². The van der Waals surface area contributed by atoms with Crippen LogP contribution in [-0.2, 0) is 17.9 Å². The normalized spacial score (nSPS) is 10.7. The van der Waals surface area contributed by atoms with Crippen molar-refractivity contribution in [3.63, 3.8) is 0 Å². The fraction of sp³-hybridized carbons (Fsp3) is 0.261. The third-order valence-corrected chi connectivity index (χ3v) is 5.46. The molecule has 0 spiro atoms. The number of ether oxygens (including phenoxy) is 3. The minimum absolute atomic E-state index is 0.120. The molecule has 1 amide bonds. The van der Waals surface area contributed by atoms with Crippen molar-refractivity contribution in [3.05, 3.63) is 70.4 Å². The largest absolute Gasteiger partial charge is 0.497 e. The number of nitrogens with zero attached hydrogens (tertiary/aromatic N) is 1. The average molecular weight is 427 g/mol. The molecule has 3 rings (SSSR count). The summed E-state index contributed by atoms with van der Waals surface area (Å²) in [6.45, 7) is 1.49. The Kier molecular flexibility index (Phi) is 7.70.